The van der Waals surface area contributed by atoms with E-state index in [1.54, 1.807) is 38.4 Å². The maximum absolute atomic E-state index is 12.2. The molecule has 0 spiro atoms. The number of nitrogens with zero attached hydrogens (tertiary/aromatic N) is 2. The van der Waals surface area contributed by atoms with Crippen molar-refractivity contribution < 1.29 is 9.53 Å². The third kappa shape index (κ3) is 3.42. The monoisotopic (exact) mass is 330 g/mol. The minimum atomic E-state index is -0.652. The van der Waals surface area contributed by atoms with Crippen LogP contribution >= 0.6 is 34.5 Å². The number of hydrogen-bond donors (Lipinski definition) is 0. The Morgan fingerprint density at radius 1 is 1.40 bits per heavy atom. The average Bonchev–Trinajstić information content (AvgIpc) is 2.95. The zero-order valence-corrected chi connectivity index (χ0v) is 13.2. The number of carbonyl (C=O) groups excluding carboxylic acids is 1. The summed E-state index contributed by atoms with van der Waals surface area (Å²) in [7, 11) is 1.66. The van der Waals surface area contributed by atoms with Gasteiger partial charge in [-0.1, -0.05) is 23.2 Å². The van der Waals surface area contributed by atoms with Gasteiger partial charge in [0.05, 0.1) is 10.0 Å². The number of amides is 1. The molecule has 0 aliphatic heterocycles. The SMILES string of the molecule is CC(Oc1ccc(Cl)c(Cl)c1)C(=O)N(C)c1nccs1. The molecule has 0 saturated heterocycles. The highest BCUT2D eigenvalue weighted by Crippen LogP contribution is 2.27. The van der Waals surface area contributed by atoms with E-state index in [-0.39, 0.29) is 5.91 Å². The Morgan fingerprint density at radius 3 is 2.75 bits per heavy atom. The van der Waals surface area contributed by atoms with E-state index in [4.69, 9.17) is 27.9 Å². The summed E-state index contributed by atoms with van der Waals surface area (Å²) in [5.41, 5.74) is 0. The fourth-order valence-corrected chi connectivity index (χ4v) is 2.45. The molecule has 20 heavy (non-hydrogen) atoms. The van der Waals surface area contributed by atoms with E-state index < -0.39 is 6.10 Å². The van der Waals surface area contributed by atoms with Crippen LogP contribution in [0.25, 0.3) is 0 Å². The number of benzene rings is 1. The molecule has 1 unspecified atom stereocenters. The molecule has 0 fully saturated rings. The van der Waals surface area contributed by atoms with Crippen LogP contribution in [0.3, 0.4) is 0 Å². The van der Waals surface area contributed by atoms with Gasteiger partial charge in [-0.3, -0.25) is 9.69 Å². The van der Waals surface area contributed by atoms with E-state index in [9.17, 15) is 4.79 Å². The Bertz CT molecular complexity index is 604. The van der Waals surface area contributed by atoms with Crippen molar-refractivity contribution in [2.75, 3.05) is 11.9 Å². The van der Waals surface area contributed by atoms with Gasteiger partial charge in [-0.25, -0.2) is 4.98 Å². The number of carbonyl (C=O) groups is 1. The van der Waals surface area contributed by atoms with Gasteiger partial charge < -0.3 is 4.74 Å². The molecule has 1 heterocycles. The molecular formula is C13H12Cl2N2O2S. The predicted octanol–water partition coefficient (Wildman–Crippen LogP) is 3.88. The molecule has 1 aromatic carbocycles. The fraction of sp³-hybridized carbons (Fsp3) is 0.231. The number of thiazole rings is 1. The number of ether oxygens (including phenoxy) is 1. The zero-order valence-electron chi connectivity index (χ0n) is 10.8. The van der Waals surface area contributed by atoms with Crippen LogP contribution in [0.4, 0.5) is 5.13 Å². The highest BCUT2D eigenvalue weighted by atomic mass is 35.5. The number of aromatic nitrogens is 1. The summed E-state index contributed by atoms with van der Waals surface area (Å²) in [6, 6.07) is 4.87. The van der Waals surface area contributed by atoms with Crippen LogP contribution in [-0.2, 0) is 4.79 Å². The normalized spacial score (nSPS) is 12.0. The second-order valence-corrected chi connectivity index (χ2v) is 5.74. The van der Waals surface area contributed by atoms with E-state index in [0.29, 0.717) is 20.9 Å². The second-order valence-electron chi connectivity index (χ2n) is 4.05. The summed E-state index contributed by atoms with van der Waals surface area (Å²) in [6.07, 6.45) is 0.995. The van der Waals surface area contributed by atoms with Gasteiger partial charge >= 0.3 is 0 Å². The highest BCUT2D eigenvalue weighted by Gasteiger charge is 2.22. The van der Waals surface area contributed by atoms with Crippen LogP contribution in [0.5, 0.6) is 5.75 Å². The number of likely N-dealkylation sites (N-methyl/N-ethyl adjacent to an activating group) is 1. The minimum absolute atomic E-state index is 0.189. The van der Waals surface area contributed by atoms with Crippen LogP contribution in [0, 0.1) is 0 Å². The van der Waals surface area contributed by atoms with Crippen molar-refractivity contribution >= 4 is 45.6 Å². The molecule has 0 saturated carbocycles. The van der Waals surface area contributed by atoms with Crippen molar-refractivity contribution in [3.05, 3.63) is 39.8 Å². The third-order valence-electron chi connectivity index (χ3n) is 2.59. The van der Waals surface area contributed by atoms with E-state index in [1.807, 2.05) is 5.38 Å². The van der Waals surface area contributed by atoms with Crippen LogP contribution in [0.15, 0.2) is 29.8 Å². The maximum atomic E-state index is 12.2. The van der Waals surface area contributed by atoms with Crippen LogP contribution in [-0.4, -0.2) is 24.0 Å². The Balaban J connectivity index is 2.05. The van der Waals surface area contributed by atoms with Gasteiger partial charge in [0.2, 0.25) is 0 Å². The Kier molecular flexibility index (Phi) is 4.86. The summed E-state index contributed by atoms with van der Waals surface area (Å²) in [6.45, 7) is 1.68. The van der Waals surface area contributed by atoms with Gasteiger partial charge in [0.15, 0.2) is 11.2 Å². The first kappa shape index (κ1) is 15.1. The summed E-state index contributed by atoms with van der Waals surface area (Å²) in [5, 5.41) is 3.26. The summed E-state index contributed by atoms with van der Waals surface area (Å²) < 4.78 is 5.57. The number of rotatable bonds is 4. The molecule has 1 aromatic heterocycles. The van der Waals surface area contributed by atoms with Gasteiger partial charge in [0.1, 0.15) is 5.75 Å². The Hall–Kier alpha value is -1.30. The van der Waals surface area contributed by atoms with Gasteiger partial charge in [-0.05, 0) is 19.1 Å². The first-order valence-electron chi connectivity index (χ1n) is 5.78. The van der Waals surface area contributed by atoms with Crippen molar-refractivity contribution in [1.82, 2.24) is 4.98 Å². The zero-order chi connectivity index (χ0) is 14.7. The molecule has 0 radical (unpaired) electrons. The van der Waals surface area contributed by atoms with E-state index in [2.05, 4.69) is 4.98 Å². The van der Waals surface area contributed by atoms with Crippen molar-refractivity contribution in [2.45, 2.75) is 13.0 Å². The third-order valence-corrected chi connectivity index (χ3v) is 4.18. The lowest BCUT2D eigenvalue weighted by molar-refractivity contribution is -0.124. The van der Waals surface area contributed by atoms with Crippen molar-refractivity contribution in [3.63, 3.8) is 0 Å². The van der Waals surface area contributed by atoms with Crippen LogP contribution < -0.4 is 9.64 Å². The van der Waals surface area contributed by atoms with Gasteiger partial charge in [-0.15, -0.1) is 11.3 Å². The van der Waals surface area contributed by atoms with E-state index in [1.165, 1.54) is 16.2 Å². The van der Waals surface area contributed by atoms with Crippen LogP contribution in [0.1, 0.15) is 6.92 Å². The number of hydrogen-bond acceptors (Lipinski definition) is 4. The topological polar surface area (TPSA) is 42.4 Å². The molecule has 7 heteroatoms. The van der Waals surface area contributed by atoms with Crippen molar-refractivity contribution in [2.24, 2.45) is 0 Å². The van der Waals surface area contributed by atoms with Crippen LogP contribution in [0.2, 0.25) is 10.0 Å². The standard InChI is InChI=1S/C13H12Cl2N2O2S/c1-8(12(18)17(2)13-16-5-6-20-13)19-9-3-4-10(14)11(15)7-9/h3-8H,1-2H3. The van der Waals surface area contributed by atoms with Gasteiger partial charge in [0.25, 0.3) is 5.91 Å². The molecule has 106 valence electrons. The van der Waals surface area contributed by atoms with E-state index >= 15 is 0 Å². The molecule has 0 aliphatic carbocycles. The Morgan fingerprint density at radius 2 is 2.15 bits per heavy atom. The van der Waals surface area contributed by atoms with Crippen molar-refractivity contribution in [3.8, 4) is 5.75 Å². The quantitative estimate of drug-likeness (QED) is 0.854. The number of anilines is 1. The van der Waals surface area contributed by atoms with E-state index in [0.717, 1.165) is 0 Å². The first-order valence-corrected chi connectivity index (χ1v) is 7.41. The lowest BCUT2D eigenvalue weighted by Gasteiger charge is -2.20. The lowest BCUT2D eigenvalue weighted by atomic mass is 10.3. The fourth-order valence-electron chi connectivity index (χ4n) is 1.55. The molecule has 4 nitrogen and oxygen atoms in total. The highest BCUT2D eigenvalue weighted by molar-refractivity contribution is 7.13. The molecule has 1 atom stereocenters. The second kappa shape index (κ2) is 6.43. The number of halogens is 2. The molecule has 2 rings (SSSR count). The first-order chi connectivity index (χ1) is 9.49. The molecule has 0 aliphatic rings. The Labute approximate surface area is 130 Å². The van der Waals surface area contributed by atoms with Crippen molar-refractivity contribution in [1.29, 1.82) is 0 Å². The summed E-state index contributed by atoms with van der Waals surface area (Å²) in [4.78, 5) is 17.8. The summed E-state index contributed by atoms with van der Waals surface area (Å²) >= 11 is 13.1. The molecular weight excluding hydrogens is 319 g/mol. The molecule has 1 amide bonds. The minimum Gasteiger partial charge on any atom is -0.481 e. The molecule has 0 N–H and O–H groups in total. The smallest absolute Gasteiger partial charge is 0.269 e. The van der Waals surface area contributed by atoms with Gasteiger partial charge in [-0.2, -0.15) is 0 Å². The predicted molar refractivity (Wildman–Crippen MR) is 82.1 cm³/mol. The average molecular weight is 331 g/mol. The molecule has 0 bridgehead atoms. The summed E-state index contributed by atoms with van der Waals surface area (Å²) in [5.74, 6) is 0.304. The van der Waals surface area contributed by atoms with Gasteiger partial charge in [0, 0.05) is 24.7 Å². The molecule has 2 aromatic rings. The lowest BCUT2D eigenvalue weighted by Crippen LogP contribution is -2.37. The maximum Gasteiger partial charge on any atom is 0.269 e. The largest absolute Gasteiger partial charge is 0.481 e.